The molecule has 18 heavy (non-hydrogen) atoms. The summed E-state index contributed by atoms with van der Waals surface area (Å²) >= 11 is 0. The molecule has 0 spiro atoms. The number of likely N-dealkylation sites (tertiary alicyclic amines) is 1. The van der Waals surface area contributed by atoms with Crippen LogP contribution in [0, 0.1) is 0 Å². The smallest absolute Gasteiger partial charge is 0.135 e. The van der Waals surface area contributed by atoms with Gasteiger partial charge in [-0.05, 0) is 13.0 Å². The van der Waals surface area contributed by atoms with Gasteiger partial charge in [0, 0.05) is 24.7 Å². The molecule has 0 bridgehead atoms. The van der Waals surface area contributed by atoms with Crippen molar-refractivity contribution < 1.29 is 4.39 Å². The van der Waals surface area contributed by atoms with Gasteiger partial charge in [0.15, 0.2) is 0 Å². The minimum Gasteiger partial charge on any atom is -0.301 e. The monoisotopic (exact) mass is 254 g/mol. The Bertz CT molecular complexity index is 396. The molecule has 1 aliphatic rings. The number of nitrogens with zero attached hydrogens (tertiary/aromatic N) is 4. The minimum atomic E-state index is -0.854. The normalized spacial score (nSPS) is 26.5. The third-order valence-electron chi connectivity index (χ3n) is 3.66. The summed E-state index contributed by atoms with van der Waals surface area (Å²) in [6, 6.07) is -0.156. The van der Waals surface area contributed by atoms with Crippen LogP contribution in [-0.2, 0) is 5.41 Å². The van der Waals surface area contributed by atoms with E-state index < -0.39 is 6.17 Å². The lowest BCUT2D eigenvalue weighted by Gasteiger charge is -2.33. The number of halogens is 1. The zero-order chi connectivity index (χ0) is 13.3. The van der Waals surface area contributed by atoms with Gasteiger partial charge in [-0.3, -0.25) is 0 Å². The third kappa shape index (κ3) is 2.71. The number of hydrogen-bond acceptors (Lipinski definition) is 3. The molecule has 1 saturated heterocycles. The molecule has 0 unspecified atom stereocenters. The number of rotatable bonds is 2. The fourth-order valence-electron chi connectivity index (χ4n) is 2.32. The molecular weight excluding hydrogens is 231 g/mol. The van der Waals surface area contributed by atoms with Gasteiger partial charge in [-0.1, -0.05) is 32.9 Å². The molecule has 5 heteroatoms. The van der Waals surface area contributed by atoms with Gasteiger partial charge in [-0.15, -0.1) is 5.10 Å². The molecule has 102 valence electrons. The highest BCUT2D eigenvalue weighted by Crippen LogP contribution is 2.26. The summed E-state index contributed by atoms with van der Waals surface area (Å²) in [6.45, 7) is 10.7. The van der Waals surface area contributed by atoms with Gasteiger partial charge in [-0.25, -0.2) is 9.07 Å². The molecule has 1 fully saturated rings. The lowest BCUT2D eigenvalue weighted by atomic mass is 9.93. The number of hydrogen-bond donors (Lipinski definition) is 0. The first kappa shape index (κ1) is 13.5. The van der Waals surface area contributed by atoms with Gasteiger partial charge in [0.2, 0.25) is 0 Å². The highest BCUT2D eigenvalue weighted by molar-refractivity contribution is 5.07. The summed E-state index contributed by atoms with van der Waals surface area (Å²) in [5.74, 6) is 0. The van der Waals surface area contributed by atoms with Crippen molar-refractivity contribution in [3.8, 4) is 0 Å². The largest absolute Gasteiger partial charge is 0.301 e. The van der Waals surface area contributed by atoms with Crippen molar-refractivity contribution in [2.24, 2.45) is 0 Å². The molecule has 1 aromatic heterocycles. The van der Waals surface area contributed by atoms with Crippen molar-refractivity contribution >= 4 is 0 Å². The molecule has 0 saturated carbocycles. The van der Waals surface area contributed by atoms with Crippen LogP contribution in [0.3, 0.4) is 0 Å². The first-order chi connectivity index (χ1) is 8.41. The van der Waals surface area contributed by atoms with Crippen LogP contribution in [0.4, 0.5) is 4.39 Å². The number of aromatic nitrogens is 3. The molecule has 1 aromatic rings. The predicted molar refractivity (Wildman–Crippen MR) is 69.4 cm³/mol. The lowest BCUT2D eigenvalue weighted by Crippen LogP contribution is -2.42. The molecule has 0 aliphatic carbocycles. The van der Waals surface area contributed by atoms with Crippen LogP contribution in [0.2, 0.25) is 0 Å². The highest BCUT2D eigenvalue weighted by atomic mass is 19.1. The second-order valence-corrected chi connectivity index (χ2v) is 6.10. The highest BCUT2D eigenvalue weighted by Gasteiger charge is 2.31. The van der Waals surface area contributed by atoms with Crippen molar-refractivity contribution in [2.45, 2.75) is 51.7 Å². The van der Waals surface area contributed by atoms with Crippen molar-refractivity contribution in [3.05, 3.63) is 11.9 Å². The van der Waals surface area contributed by atoms with E-state index in [0.717, 1.165) is 25.2 Å². The summed E-state index contributed by atoms with van der Waals surface area (Å²) in [6.07, 6.45) is 1.86. The van der Waals surface area contributed by atoms with Gasteiger partial charge in [0.05, 0.1) is 11.7 Å². The quantitative estimate of drug-likeness (QED) is 0.811. The average molecular weight is 254 g/mol. The Hall–Kier alpha value is -0.970. The Kier molecular flexibility index (Phi) is 3.71. The van der Waals surface area contributed by atoms with Crippen molar-refractivity contribution in [1.29, 1.82) is 0 Å². The second kappa shape index (κ2) is 4.96. The Morgan fingerprint density at radius 2 is 2.17 bits per heavy atom. The summed E-state index contributed by atoms with van der Waals surface area (Å²) in [5.41, 5.74) is 0.890. The first-order valence-electron chi connectivity index (χ1n) is 6.70. The van der Waals surface area contributed by atoms with Crippen molar-refractivity contribution in [2.75, 3.05) is 19.6 Å². The summed E-state index contributed by atoms with van der Waals surface area (Å²) < 4.78 is 15.9. The second-order valence-electron chi connectivity index (χ2n) is 6.10. The topological polar surface area (TPSA) is 34.0 Å². The van der Waals surface area contributed by atoms with E-state index in [2.05, 4.69) is 42.9 Å². The first-order valence-corrected chi connectivity index (χ1v) is 6.70. The van der Waals surface area contributed by atoms with Crippen LogP contribution < -0.4 is 0 Å². The van der Waals surface area contributed by atoms with Gasteiger partial charge < -0.3 is 4.90 Å². The van der Waals surface area contributed by atoms with Crippen LogP contribution in [-0.4, -0.2) is 45.7 Å². The third-order valence-corrected chi connectivity index (χ3v) is 3.66. The van der Waals surface area contributed by atoms with Crippen LogP contribution in [0.1, 0.15) is 45.9 Å². The molecule has 0 amide bonds. The average Bonchev–Trinajstić information content (AvgIpc) is 2.77. The molecule has 0 N–H and O–H groups in total. The maximum Gasteiger partial charge on any atom is 0.135 e. The van der Waals surface area contributed by atoms with Gasteiger partial charge in [-0.2, -0.15) is 0 Å². The predicted octanol–water partition coefficient (Wildman–Crippen LogP) is 2.18. The summed E-state index contributed by atoms with van der Waals surface area (Å²) in [4.78, 5) is 2.14. The van der Waals surface area contributed by atoms with Crippen LogP contribution in [0.15, 0.2) is 6.20 Å². The SMILES string of the molecule is CCN1CC[C@@H](n2cc(C(C)(C)C)nn2)[C@H](F)C1. The minimum absolute atomic E-state index is 0.0336. The van der Waals surface area contributed by atoms with Crippen molar-refractivity contribution in [1.82, 2.24) is 19.9 Å². The van der Waals surface area contributed by atoms with Gasteiger partial charge in [0.1, 0.15) is 6.17 Å². The number of piperidine rings is 1. The van der Waals surface area contributed by atoms with Crippen LogP contribution in [0.5, 0.6) is 0 Å². The van der Waals surface area contributed by atoms with Crippen molar-refractivity contribution in [3.63, 3.8) is 0 Å². The molecule has 4 nitrogen and oxygen atoms in total. The van der Waals surface area contributed by atoms with E-state index >= 15 is 0 Å². The zero-order valence-corrected chi connectivity index (χ0v) is 11.7. The fraction of sp³-hybridized carbons (Fsp3) is 0.846. The Balaban J connectivity index is 2.10. The lowest BCUT2D eigenvalue weighted by molar-refractivity contribution is 0.0864. The van der Waals surface area contributed by atoms with E-state index in [1.807, 2.05) is 6.20 Å². The molecule has 2 atom stereocenters. The Morgan fingerprint density at radius 3 is 2.67 bits per heavy atom. The maximum atomic E-state index is 14.1. The van der Waals surface area contributed by atoms with Gasteiger partial charge >= 0.3 is 0 Å². The van der Waals surface area contributed by atoms with E-state index in [9.17, 15) is 4.39 Å². The number of alkyl halides is 1. The van der Waals surface area contributed by atoms with E-state index in [4.69, 9.17) is 0 Å². The molecular formula is C13H23FN4. The Morgan fingerprint density at radius 1 is 1.44 bits per heavy atom. The zero-order valence-electron chi connectivity index (χ0n) is 11.7. The van der Waals surface area contributed by atoms with E-state index in [1.54, 1.807) is 4.68 Å². The van der Waals surface area contributed by atoms with E-state index in [-0.39, 0.29) is 11.5 Å². The Labute approximate surface area is 108 Å². The fourth-order valence-corrected chi connectivity index (χ4v) is 2.32. The molecule has 2 rings (SSSR count). The molecule has 0 aromatic carbocycles. The molecule has 1 aliphatic heterocycles. The molecule has 0 radical (unpaired) electrons. The maximum absolute atomic E-state index is 14.1. The molecule has 2 heterocycles. The van der Waals surface area contributed by atoms with Crippen LogP contribution >= 0.6 is 0 Å². The van der Waals surface area contributed by atoms with Crippen LogP contribution in [0.25, 0.3) is 0 Å². The standard InChI is InChI=1S/C13H23FN4/c1-5-17-7-6-11(10(14)8-17)18-9-12(15-16-18)13(2,3)4/h9-11H,5-8H2,1-4H3/t10-,11-/m1/s1. The summed E-state index contributed by atoms with van der Waals surface area (Å²) in [7, 11) is 0. The summed E-state index contributed by atoms with van der Waals surface area (Å²) in [5, 5.41) is 8.28. The van der Waals surface area contributed by atoms with E-state index in [0.29, 0.717) is 6.54 Å². The van der Waals surface area contributed by atoms with Gasteiger partial charge in [0.25, 0.3) is 0 Å². The van der Waals surface area contributed by atoms with E-state index in [1.165, 1.54) is 0 Å².